The number of halogens is 1. The fourth-order valence-electron chi connectivity index (χ4n) is 3.07. The fraction of sp³-hybridized carbons (Fsp3) is 0.333. The molecule has 2 N–H and O–H groups in total. The maximum absolute atomic E-state index is 12.8. The van der Waals surface area contributed by atoms with Crippen LogP contribution in [0.1, 0.15) is 12.0 Å². The minimum absolute atomic E-state index is 0.0455. The highest BCUT2D eigenvalue weighted by Gasteiger charge is 2.22. The molecule has 148 valence electrons. The molecule has 8 nitrogen and oxygen atoms in total. The highest BCUT2D eigenvalue weighted by Crippen LogP contribution is 2.27. The van der Waals surface area contributed by atoms with Gasteiger partial charge in [0.25, 0.3) is 10.0 Å². The molecule has 1 fully saturated rings. The van der Waals surface area contributed by atoms with E-state index in [1.807, 2.05) is 0 Å². The van der Waals surface area contributed by atoms with E-state index in [0.29, 0.717) is 27.7 Å². The van der Waals surface area contributed by atoms with Gasteiger partial charge in [0.2, 0.25) is 11.8 Å². The molecular formula is C18H19ClN4O4S. The predicted molar refractivity (Wildman–Crippen MR) is 105 cm³/mol. The average molecular weight is 423 g/mol. The van der Waals surface area contributed by atoms with Crippen molar-refractivity contribution >= 4 is 38.5 Å². The maximum Gasteiger partial charge on any atom is 0.266 e. The van der Waals surface area contributed by atoms with Crippen LogP contribution in [0.25, 0.3) is 10.9 Å². The van der Waals surface area contributed by atoms with E-state index in [9.17, 15) is 8.42 Å². The van der Waals surface area contributed by atoms with E-state index in [4.69, 9.17) is 21.1 Å². The van der Waals surface area contributed by atoms with Crippen molar-refractivity contribution < 1.29 is 17.9 Å². The van der Waals surface area contributed by atoms with E-state index in [-0.39, 0.29) is 10.8 Å². The number of nitrogens with zero attached hydrogens (tertiary/aromatic N) is 2. The van der Waals surface area contributed by atoms with Crippen LogP contribution in [0.5, 0.6) is 5.88 Å². The standard InChI is InChI=1S/C18H19ClN4O4S/c1-26-17-12(3-2-11-9-27-10-11)7-21-18(22-17)23-28(24,25)16-8-20-15-6-13(19)4-5-14(15)16/h4-8,11,20H,2-3,9-10H2,1H3,(H,21,22,23). The molecule has 1 aliphatic heterocycles. The molecule has 0 amide bonds. The van der Waals surface area contributed by atoms with E-state index in [1.165, 1.54) is 13.3 Å². The van der Waals surface area contributed by atoms with Gasteiger partial charge in [0, 0.05) is 39.8 Å². The molecule has 0 bridgehead atoms. The average Bonchev–Trinajstić information content (AvgIpc) is 3.05. The van der Waals surface area contributed by atoms with Gasteiger partial charge in [0.1, 0.15) is 4.90 Å². The van der Waals surface area contributed by atoms with Gasteiger partial charge >= 0.3 is 0 Å². The second-order valence-corrected chi connectivity index (χ2v) is 8.71. The van der Waals surface area contributed by atoms with Gasteiger partial charge in [-0.1, -0.05) is 11.6 Å². The fourth-order valence-corrected chi connectivity index (χ4v) is 4.37. The molecule has 0 saturated carbocycles. The largest absolute Gasteiger partial charge is 0.481 e. The van der Waals surface area contributed by atoms with Crippen molar-refractivity contribution in [2.24, 2.45) is 5.92 Å². The Hall–Kier alpha value is -2.36. The number of aromatic amines is 1. The van der Waals surface area contributed by atoms with Crippen LogP contribution in [-0.4, -0.2) is 43.7 Å². The summed E-state index contributed by atoms with van der Waals surface area (Å²) in [6.45, 7) is 1.55. The predicted octanol–water partition coefficient (Wildman–Crippen LogP) is 3.00. The van der Waals surface area contributed by atoms with Gasteiger partial charge < -0.3 is 14.5 Å². The molecule has 1 saturated heterocycles. The Morgan fingerprint density at radius 2 is 2.21 bits per heavy atom. The zero-order valence-corrected chi connectivity index (χ0v) is 16.7. The topological polar surface area (TPSA) is 106 Å². The van der Waals surface area contributed by atoms with Crippen LogP contribution in [0.15, 0.2) is 35.5 Å². The number of rotatable bonds is 7. The first-order valence-electron chi connectivity index (χ1n) is 8.73. The monoisotopic (exact) mass is 422 g/mol. The third-order valence-corrected chi connectivity index (χ3v) is 6.27. The first-order valence-corrected chi connectivity index (χ1v) is 10.6. The second-order valence-electron chi connectivity index (χ2n) is 6.62. The van der Waals surface area contributed by atoms with E-state index < -0.39 is 10.0 Å². The van der Waals surface area contributed by atoms with Gasteiger partial charge in [0.15, 0.2) is 0 Å². The van der Waals surface area contributed by atoms with Crippen LogP contribution in [0.2, 0.25) is 5.02 Å². The van der Waals surface area contributed by atoms with Crippen molar-refractivity contribution in [3.8, 4) is 5.88 Å². The number of aryl methyl sites for hydroxylation is 1. The number of sulfonamides is 1. The summed E-state index contributed by atoms with van der Waals surface area (Å²) in [5.41, 5.74) is 1.46. The molecule has 3 heterocycles. The molecule has 2 aromatic heterocycles. The molecule has 28 heavy (non-hydrogen) atoms. The van der Waals surface area contributed by atoms with E-state index in [1.54, 1.807) is 24.4 Å². The third-order valence-electron chi connectivity index (χ3n) is 4.67. The van der Waals surface area contributed by atoms with Crippen LogP contribution in [0.4, 0.5) is 5.95 Å². The summed E-state index contributed by atoms with van der Waals surface area (Å²) in [4.78, 5) is 11.4. The van der Waals surface area contributed by atoms with Gasteiger partial charge in [-0.2, -0.15) is 4.98 Å². The summed E-state index contributed by atoms with van der Waals surface area (Å²) in [6.07, 6.45) is 4.70. The maximum atomic E-state index is 12.8. The molecule has 4 rings (SSSR count). The number of fused-ring (bicyclic) bond motifs is 1. The second kappa shape index (κ2) is 7.57. The lowest BCUT2D eigenvalue weighted by molar-refractivity contribution is -0.0353. The van der Waals surface area contributed by atoms with Gasteiger partial charge in [-0.3, -0.25) is 0 Å². The summed E-state index contributed by atoms with van der Waals surface area (Å²) in [5.74, 6) is 0.854. The molecule has 1 aliphatic rings. The summed E-state index contributed by atoms with van der Waals surface area (Å²) in [7, 11) is -2.39. The number of benzene rings is 1. The quantitative estimate of drug-likeness (QED) is 0.606. The van der Waals surface area contributed by atoms with Crippen LogP contribution in [-0.2, 0) is 21.2 Å². The Kier molecular flexibility index (Phi) is 5.13. The van der Waals surface area contributed by atoms with Gasteiger partial charge in [-0.25, -0.2) is 18.1 Å². The van der Waals surface area contributed by atoms with Gasteiger partial charge in [0.05, 0.1) is 20.3 Å². The van der Waals surface area contributed by atoms with Crippen molar-refractivity contribution in [3.05, 3.63) is 41.2 Å². The number of nitrogens with one attached hydrogen (secondary N) is 2. The lowest BCUT2D eigenvalue weighted by atomic mass is 9.99. The van der Waals surface area contributed by atoms with E-state index in [2.05, 4.69) is 19.7 Å². The zero-order chi connectivity index (χ0) is 19.7. The molecule has 0 unspecified atom stereocenters. The Morgan fingerprint density at radius 1 is 1.39 bits per heavy atom. The number of methoxy groups -OCH3 is 1. The normalized spacial score (nSPS) is 14.8. The summed E-state index contributed by atoms with van der Waals surface area (Å²) >= 11 is 5.95. The summed E-state index contributed by atoms with van der Waals surface area (Å²) in [6, 6.07) is 4.95. The third kappa shape index (κ3) is 3.78. The van der Waals surface area contributed by atoms with E-state index >= 15 is 0 Å². The van der Waals surface area contributed by atoms with Crippen molar-refractivity contribution in [2.75, 3.05) is 25.0 Å². The Morgan fingerprint density at radius 3 is 2.93 bits per heavy atom. The lowest BCUT2D eigenvalue weighted by Crippen LogP contribution is -2.27. The van der Waals surface area contributed by atoms with Crippen LogP contribution in [0, 0.1) is 5.92 Å². The van der Waals surface area contributed by atoms with Crippen LogP contribution >= 0.6 is 11.6 Å². The number of aromatic nitrogens is 3. The Labute approximate surface area is 167 Å². The van der Waals surface area contributed by atoms with Crippen molar-refractivity contribution in [1.29, 1.82) is 0 Å². The Balaban J connectivity index is 1.56. The molecule has 3 aromatic rings. The summed E-state index contributed by atoms with van der Waals surface area (Å²) in [5, 5.41) is 1.05. The minimum Gasteiger partial charge on any atom is -0.481 e. The smallest absolute Gasteiger partial charge is 0.266 e. The number of hydrogen-bond donors (Lipinski definition) is 2. The molecular weight excluding hydrogens is 404 g/mol. The van der Waals surface area contributed by atoms with Crippen LogP contribution in [0.3, 0.4) is 0 Å². The first-order chi connectivity index (χ1) is 13.5. The van der Waals surface area contributed by atoms with Gasteiger partial charge in [-0.05, 0) is 31.0 Å². The van der Waals surface area contributed by atoms with Crippen LogP contribution < -0.4 is 9.46 Å². The van der Waals surface area contributed by atoms with Crippen molar-refractivity contribution in [3.63, 3.8) is 0 Å². The highest BCUT2D eigenvalue weighted by molar-refractivity contribution is 7.93. The van der Waals surface area contributed by atoms with Gasteiger partial charge in [-0.15, -0.1) is 0 Å². The number of anilines is 1. The molecule has 0 atom stereocenters. The molecule has 0 spiro atoms. The SMILES string of the molecule is COc1nc(NS(=O)(=O)c2c[nH]c3cc(Cl)ccc23)ncc1CCC1COC1. The van der Waals surface area contributed by atoms with E-state index in [0.717, 1.165) is 31.6 Å². The summed E-state index contributed by atoms with van der Waals surface area (Å²) < 4.78 is 38.5. The molecule has 0 radical (unpaired) electrons. The molecule has 0 aliphatic carbocycles. The first kappa shape index (κ1) is 19.0. The molecule has 1 aromatic carbocycles. The lowest BCUT2D eigenvalue weighted by Gasteiger charge is -2.25. The van der Waals surface area contributed by atoms with Crippen molar-refractivity contribution in [2.45, 2.75) is 17.7 Å². The minimum atomic E-state index is -3.89. The zero-order valence-electron chi connectivity index (χ0n) is 15.1. The number of H-pyrrole nitrogens is 1. The Bertz CT molecular complexity index is 1110. The molecule has 10 heteroatoms. The van der Waals surface area contributed by atoms with Crippen molar-refractivity contribution in [1.82, 2.24) is 15.0 Å². The number of hydrogen-bond acceptors (Lipinski definition) is 6. The number of ether oxygens (including phenoxy) is 2. The highest BCUT2D eigenvalue weighted by atomic mass is 35.5.